The minimum Gasteiger partial charge on any atom is -0.341 e. The van der Waals surface area contributed by atoms with E-state index in [1.54, 1.807) is 0 Å². The average molecular weight is 312 g/mol. The lowest BCUT2D eigenvalue weighted by Crippen LogP contribution is -2.40. The number of rotatable bonds is 3. The molecule has 0 aliphatic carbocycles. The van der Waals surface area contributed by atoms with Crippen molar-refractivity contribution in [2.45, 2.75) is 38.0 Å². The van der Waals surface area contributed by atoms with E-state index in [2.05, 4.69) is 17.2 Å². The standard InChI is InChI=1S/C15H19Cl2N3/c1-2-3-15(4-6-18-7-5-15)14-19-12-8-10(16)11(17)9-13(12)20-14/h8-9,18H,2-7H2,1H3,(H,19,20). The second kappa shape index (κ2) is 5.55. The minimum atomic E-state index is 0.165. The molecule has 3 nitrogen and oxygen atoms in total. The maximum Gasteiger partial charge on any atom is 0.113 e. The molecule has 1 aromatic carbocycles. The molecule has 0 bridgehead atoms. The van der Waals surface area contributed by atoms with E-state index in [0.29, 0.717) is 10.0 Å². The molecular weight excluding hydrogens is 293 g/mol. The number of aromatic amines is 1. The fourth-order valence-corrected chi connectivity index (χ4v) is 3.57. The lowest BCUT2D eigenvalue weighted by Gasteiger charge is -2.35. The fraction of sp³-hybridized carbons (Fsp3) is 0.533. The highest BCUT2D eigenvalue weighted by Gasteiger charge is 2.35. The molecule has 1 aromatic heterocycles. The van der Waals surface area contributed by atoms with Crippen LogP contribution in [0.2, 0.25) is 10.0 Å². The Balaban J connectivity index is 2.06. The third-order valence-corrected chi connectivity index (χ3v) is 5.04. The number of halogens is 2. The maximum absolute atomic E-state index is 6.09. The number of H-pyrrole nitrogens is 1. The van der Waals surface area contributed by atoms with Crippen LogP contribution in [0.1, 0.15) is 38.4 Å². The topological polar surface area (TPSA) is 40.7 Å². The van der Waals surface area contributed by atoms with Gasteiger partial charge in [-0.1, -0.05) is 36.5 Å². The summed E-state index contributed by atoms with van der Waals surface area (Å²) in [4.78, 5) is 8.28. The molecule has 1 fully saturated rings. The molecule has 1 aliphatic rings. The van der Waals surface area contributed by atoms with Crippen LogP contribution in [0.3, 0.4) is 0 Å². The summed E-state index contributed by atoms with van der Waals surface area (Å²) < 4.78 is 0. The number of aromatic nitrogens is 2. The second-order valence-corrected chi connectivity index (χ2v) is 6.46. The molecular formula is C15H19Cl2N3. The Morgan fingerprint density at radius 3 is 2.60 bits per heavy atom. The molecule has 2 N–H and O–H groups in total. The average Bonchev–Trinajstić information content (AvgIpc) is 2.84. The SMILES string of the molecule is CCCC1(c2nc3cc(Cl)c(Cl)cc3[nH]2)CCNCC1. The Labute approximate surface area is 129 Å². The Bertz CT molecular complexity index is 570. The lowest BCUT2D eigenvalue weighted by molar-refractivity contribution is 0.273. The highest BCUT2D eigenvalue weighted by molar-refractivity contribution is 6.42. The lowest BCUT2D eigenvalue weighted by atomic mass is 9.75. The van der Waals surface area contributed by atoms with Gasteiger partial charge in [0.05, 0.1) is 21.1 Å². The summed E-state index contributed by atoms with van der Waals surface area (Å²) in [5.41, 5.74) is 2.05. The van der Waals surface area contributed by atoms with Crippen LogP contribution in [0, 0.1) is 0 Å². The highest BCUT2D eigenvalue weighted by Crippen LogP contribution is 2.38. The largest absolute Gasteiger partial charge is 0.341 e. The number of piperidine rings is 1. The number of imidazole rings is 1. The maximum atomic E-state index is 6.09. The third kappa shape index (κ3) is 2.43. The summed E-state index contributed by atoms with van der Waals surface area (Å²) in [6.07, 6.45) is 4.58. The fourth-order valence-electron chi connectivity index (χ4n) is 3.25. The number of nitrogens with one attached hydrogen (secondary N) is 2. The van der Waals surface area contributed by atoms with Gasteiger partial charge < -0.3 is 10.3 Å². The first-order valence-electron chi connectivity index (χ1n) is 7.20. The van der Waals surface area contributed by atoms with Crippen molar-refractivity contribution in [2.24, 2.45) is 0 Å². The molecule has 1 saturated heterocycles. The molecule has 0 amide bonds. The van der Waals surface area contributed by atoms with Gasteiger partial charge in [0, 0.05) is 5.41 Å². The molecule has 0 radical (unpaired) electrons. The minimum absolute atomic E-state index is 0.165. The molecule has 1 aliphatic heterocycles. The van der Waals surface area contributed by atoms with Crippen molar-refractivity contribution >= 4 is 34.2 Å². The first kappa shape index (κ1) is 14.2. The summed E-state index contributed by atoms with van der Waals surface area (Å²) in [6, 6.07) is 3.72. The van der Waals surface area contributed by atoms with E-state index in [1.807, 2.05) is 12.1 Å². The molecule has 108 valence electrons. The van der Waals surface area contributed by atoms with Gasteiger partial charge >= 0.3 is 0 Å². The predicted molar refractivity (Wildman–Crippen MR) is 84.8 cm³/mol. The molecule has 0 atom stereocenters. The summed E-state index contributed by atoms with van der Waals surface area (Å²) in [7, 11) is 0. The van der Waals surface area contributed by atoms with Gasteiger partial charge in [0.25, 0.3) is 0 Å². The number of hydrogen-bond acceptors (Lipinski definition) is 2. The van der Waals surface area contributed by atoms with E-state index in [9.17, 15) is 0 Å². The highest BCUT2D eigenvalue weighted by atomic mass is 35.5. The molecule has 20 heavy (non-hydrogen) atoms. The van der Waals surface area contributed by atoms with E-state index in [-0.39, 0.29) is 5.41 Å². The molecule has 2 aromatic rings. The van der Waals surface area contributed by atoms with Crippen LogP contribution in [-0.2, 0) is 5.41 Å². The van der Waals surface area contributed by atoms with E-state index in [4.69, 9.17) is 28.2 Å². The summed E-state index contributed by atoms with van der Waals surface area (Å²) in [6.45, 7) is 4.34. The van der Waals surface area contributed by atoms with Crippen LogP contribution >= 0.6 is 23.2 Å². The Hall–Kier alpha value is -0.770. The molecule has 2 heterocycles. The molecule has 5 heteroatoms. The quantitative estimate of drug-likeness (QED) is 0.887. The number of nitrogens with zero attached hydrogens (tertiary/aromatic N) is 1. The van der Waals surface area contributed by atoms with Crippen LogP contribution in [0.5, 0.6) is 0 Å². The zero-order valence-corrected chi connectivity index (χ0v) is 13.1. The van der Waals surface area contributed by atoms with Crippen LogP contribution in [-0.4, -0.2) is 23.1 Å². The summed E-state index contributed by atoms with van der Waals surface area (Å²) in [5.74, 6) is 1.09. The van der Waals surface area contributed by atoms with Gasteiger partial charge in [-0.2, -0.15) is 0 Å². The van der Waals surface area contributed by atoms with Crippen molar-refractivity contribution in [2.75, 3.05) is 13.1 Å². The Morgan fingerprint density at radius 2 is 1.90 bits per heavy atom. The van der Waals surface area contributed by atoms with Crippen LogP contribution in [0.15, 0.2) is 12.1 Å². The van der Waals surface area contributed by atoms with Gasteiger partial charge in [-0.3, -0.25) is 0 Å². The molecule has 0 saturated carbocycles. The van der Waals surface area contributed by atoms with E-state index >= 15 is 0 Å². The first-order chi connectivity index (χ1) is 9.64. The van der Waals surface area contributed by atoms with E-state index < -0.39 is 0 Å². The van der Waals surface area contributed by atoms with Gasteiger partial charge in [-0.15, -0.1) is 0 Å². The Kier molecular flexibility index (Phi) is 3.93. The van der Waals surface area contributed by atoms with Gasteiger partial charge in [0.2, 0.25) is 0 Å². The number of hydrogen-bond donors (Lipinski definition) is 2. The zero-order valence-electron chi connectivity index (χ0n) is 11.6. The molecule has 3 rings (SSSR count). The third-order valence-electron chi connectivity index (χ3n) is 4.32. The normalized spacial score (nSPS) is 18.6. The summed E-state index contributed by atoms with van der Waals surface area (Å²) in [5, 5.41) is 4.57. The van der Waals surface area contributed by atoms with E-state index in [1.165, 1.54) is 6.42 Å². The van der Waals surface area contributed by atoms with E-state index in [0.717, 1.165) is 49.2 Å². The predicted octanol–water partition coefficient (Wildman–Crippen LogP) is 4.29. The smallest absolute Gasteiger partial charge is 0.113 e. The van der Waals surface area contributed by atoms with Gasteiger partial charge in [-0.05, 0) is 44.5 Å². The summed E-state index contributed by atoms with van der Waals surface area (Å²) >= 11 is 12.2. The van der Waals surface area contributed by atoms with Crippen molar-refractivity contribution < 1.29 is 0 Å². The van der Waals surface area contributed by atoms with Crippen molar-refractivity contribution in [3.8, 4) is 0 Å². The van der Waals surface area contributed by atoms with Gasteiger partial charge in [0.15, 0.2) is 0 Å². The van der Waals surface area contributed by atoms with Crippen molar-refractivity contribution in [3.63, 3.8) is 0 Å². The first-order valence-corrected chi connectivity index (χ1v) is 7.96. The monoisotopic (exact) mass is 311 g/mol. The second-order valence-electron chi connectivity index (χ2n) is 5.65. The van der Waals surface area contributed by atoms with Gasteiger partial charge in [0.1, 0.15) is 5.82 Å². The Morgan fingerprint density at radius 1 is 1.20 bits per heavy atom. The zero-order chi connectivity index (χ0) is 14.2. The van der Waals surface area contributed by atoms with Crippen LogP contribution in [0.25, 0.3) is 11.0 Å². The number of fused-ring (bicyclic) bond motifs is 1. The van der Waals surface area contributed by atoms with Crippen LogP contribution < -0.4 is 5.32 Å². The van der Waals surface area contributed by atoms with Crippen molar-refractivity contribution in [3.05, 3.63) is 28.0 Å². The van der Waals surface area contributed by atoms with Crippen molar-refractivity contribution in [1.82, 2.24) is 15.3 Å². The molecule has 0 spiro atoms. The van der Waals surface area contributed by atoms with Gasteiger partial charge in [-0.25, -0.2) is 4.98 Å². The molecule has 0 unspecified atom stereocenters. The number of benzene rings is 1. The van der Waals surface area contributed by atoms with Crippen molar-refractivity contribution in [1.29, 1.82) is 0 Å². The van der Waals surface area contributed by atoms with Crippen LogP contribution in [0.4, 0.5) is 0 Å².